The molecule has 124 valence electrons. The molecule has 1 saturated heterocycles. The molecule has 7 nitrogen and oxygen atoms in total. The molecule has 0 aromatic carbocycles. The van der Waals surface area contributed by atoms with Crippen molar-refractivity contribution in [3.05, 3.63) is 0 Å². The molecule has 0 aromatic heterocycles. The molecule has 1 saturated carbocycles. The summed E-state index contributed by atoms with van der Waals surface area (Å²) >= 11 is 0. The zero-order chi connectivity index (χ0) is 16.5. The Kier molecular flexibility index (Phi) is 4.63. The van der Waals surface area contributed by atoms with Crippen molar-refractivity contribution in [2.24, 2.45) is 5.92 Å². The molecule has 22 heavy (non-hydrogen) atoms. The Balaban J connectivity index is 2.20. The van der Waals surface area contributed by atoms with Gasteiger partial charge in [0.15, 0.2) is 0 Å². The molecule has 1 aliphatic heterocycles. The number of ether oxygens (including phenoxy) is 3. The van der Waals surface area contributed by atoms with E-state index in [2.05, 4.69) is 0 Å². The number of esters is 1. The van der Waals surface area contributed by atoms with E-state index >= 15 is 0 Å². The molecule has 3 atom stereocenters. The van der Waals surface area contributed by atoms with E-state index < -0.39 is 29.7 Å². The maximum atomic E-state index is 12.3. The van der Waals surface area contributed by atoms with Crippen LogP contribution in [0.25, 0.3) is 0 Å². The van der Waals surface area contributed by atoms with Crippen LogP contribution in [0.3, 0.4) is 0 Å². The van der Waals surface area contributed by atoms with Gasteiger partial charge in [0.2, 0.25) is 0 Å². The van der Waals surface area contributed by atoms with Gasteiger partial charge in [-0.1, -0.05) is 0 Å². The Labute approximate surface area is 129 Å². The van der Waals surface area contributed by atoms with Crippen LogP contribution in [0.15, 0.2) is 0 Å². The SMILES string of the molecule is CCOC(=O)[C@@H]1CC[C@H]2C[C@@H]1N(C(=O)OC(C)(C)C)C(=O)O2. The molecule has 2 aliphatic rings. The number of carbonyl (C=O) groups is 3. The Hall–Kier alpha value is -1.79. The first-order valence-corrected chi connectivity index (χ1v) is 7.62. The molecule has 2 fully saturated rings. The monoisotopic (exact) mass is 313 g/mol. The van der Waals surface area contributed by atoms with E-state index in [1.54, 1.807) is 27.7 Å². The largest absolute Gasteiger partial charge is 0.466 e. The third kappa shape index (κ3) is 3.51. The number of rotatable bonds is 2. The standard InChI is InChI=1S/C15H23NO6/c1-5-20-12(17)10-7-6-9-8-11(10)16(13(18)21-9)14(19)22-15(2,3)4/h9-11H,5-8H2,1-4H3/t9-,10+,11-/m0/s1. The zero-order valence-corrected chi connectivity index (χ0v) is 13.5. The summed E-state index contributed by atoms with van der Waals surface area (Å²) in [5.41, 5.74) is -0.734. The summed E-state index contributed by atoms with van der Waals surface area (Å²) in [6.07, 6.45) is -0.202. The van der Waals surface area contributed by atoms with Crippen LogP contribution in [0.2, 0.25) is 0 Å². The highest BCUT2D eigenvalue weighted by molar-refractivity contribution is 5.90. The van der Waals surface area contributed by atoms with Gasteiger partial charge in [-0.2, -0.15) is 0 Å². The number of hydrogen-bond donors (Lipinski definition) is 0. The average Bonchev–Trinajstić information content (AvgIpc) is 2.36. The molecule has 2 rings (SSSR count). The van der Waals surface area contributed by atoms with Crippen LogP contribution in [0.4, 0.5) is 9.59 Å². The van der Waals surface area contributed by atoms with Gasteiger partial charge in [0, 0.05) is 6.42 Å². The maximum Gasteiger partial charge on any atom is 0.420 e. The minimum absolute atomic E-state index is 0.248. The van der Waals surface area contributed by atoms with Gasteiger partial charge in [0.1, 0.15) is 11.7 Å². The van der Waals surface area contributed by atoms with Crippen LogP contribution >= 0.6 is 0 Å². The van der Waals surface area contributed by atoms with Gasteiger partial charge < -0.3 is 14.2 Å². The summed E-state index contributed by atoms with van der Waals surface area (Å²) in [7, 11) is 0. The smallest absolute Gasteiger partial charge is 0.420 e. The molecule has 1 aliphatic carbocycles. The summed E-state index contributed by atoms with van der Waals surface area (Å²) in [6, 6.07) is -0.561. The van der Waals surface area contributed by atoms with E-state index in [4.69, 9.17) is 14.2 Å². The number of fused-ring (bicyclic) bond motifs is 2. The Morgan fingerprint density at radius 1 is 1.32 bits per heavy atom. The average molecular weight is 313 g/mol. The van der Waals surface area contributed by atoms with E-state index in [0.29, 0.717) is 19.3 Å². The number of carbonyl (C=O) groups excluding carboxylic acids is 3. The summed E-state index contributed by atoms with van der Waals surface area (Å²) in [5.74, 6) is -0.897. The van der Waals surface area contributed by atoms with Crippen LogP contribution in [0, 0.1) is 5.92 Å². The predicted molar refractivity (Wildman–Crippen MR) is 76.1 cm³/mol. The lowest BCUT2D eigenvalue weighted by Crippen LogP contribution is -2.59. The van der Waals surface area contributed by atoms with Gasteiger partial charge in [0.25, 0.3) is 0 Å². The normalized spacial score (nSPS) is 27.9. The minimum Gasteiger partial charge on any atom is -0.466 e. The topological polar surface area (TPSA) is 82.1 Å². The third-order valence-electron chi connectivity index (χ3n) is 3.74. The molecule has 1 heterocycles. The van der Waals surface area contributed by atoms with Crippen molar-refractivity contribution >= 4 is 18.2 Å². The van der Waals surface area contributed by atoms with Gasteiger partial charge in [-0.15, -0.1) is 0 Å². The lowest BCUT2D eigenvalue weighted by molar-refractivity contribution is -0.154. The van der Waals surface area contributed by atoms with Crippen molar-refractivity contribution in [2.75, 3.05) is 6.61 Å². The highest BCUT2D eigenvalue weighted by atomic mass is 16.6. The van der Waals surface area contributed by atoms with Crippen LogP contribution in [-0.4, -0.2) is 47.4 Å². The second-order valence-corrected chi connectivity index (χ2v) is 6.60. The number of nitrogens with zero attached hydrogens (tertiary/aromatic N) is 1. The van der Waals surface area contributed by atoms with E-state index in [9.17, 15) is 14.4 Å². The first-order chi connectivity index (χ1) is 10.2. The molecule has 0 N–H and O–H groups in total. The van der Waals surface area contributed by atoms with E-state index in [0.717, 1.165) is 4.90 Å². The van der Waals surface area contributed by atoms with E-state index in [-0.39, 0.29) is 18.7 Å². The van der Waals surface area contributed by atoms with Crippen molar-refractivity contribution in [3.8, 4) is 0 Å². The second-order valence-electron chi connectivity index (χ2n) is 6.60. The molecular weight excluding hydrogens is 290 g/mol. The Morgan fingerprint density at radius 3 is 2.59 bits per heavy atom. The van der Waals surface area contributed by atoms with Crippen molar-refractivity contribution in [3.63, 3.8) is 0 Å². The summed E-state index contributed by atoms with van der Waals surface area (Å²) < 4.78 is 15.6. The van der Waals surface area contributed by atoms with Gasteiger partial charge in [-0.05, 0) is 40.5 Å². The van der Waals surface area contributed by atoms with Gasteiger partial charge in [-0.25, -0.2) is 14.5 Å². The fourth-order valence-electron chi connectivity index (χ4n) is 2.88. The minimum atomic E-state index is -0.780. The van der Waals surface area contributed by atoms with Gasteiger partial charge in [-0.3, -0.25) is 4.79 Å². The van der Waals surface area contributed by atoms with E-state index in [1.165, 1.54) is 0 Å². The summed E-state index contributed by atoms with van der Waals surface area (Å²) in [5, 5.41) is 0. The molecule has 0 radical (unpaired) electrons. The molecule has 2 amide bonds. The van der Waals surface area contributed by atoms with Crippen LogP contribution < -0.4 is 0 Å². The lowest BCUT2D eigenvalue weighted by atomic mass is 9.81. The summed E-state index contributed by atoms with van der Waals surface area (Å²) in [4.78, 5) is 37.5. The molecule has 0 unspecified atom stereocenters. The van der Waals surface area contributed by atoms with Crippen LogP contribution in [0.1, 0.15) is 47.0 Å². The number of hydrogen-bond acceptors (Lipinski definition) is 6. The number of amides is 2. The maximum absolute atomic E-state index is 12.3. The van der Waals surface area contributed by atoms with Gasteiger partial charge in [0.05, 0.1) is 18.6 Å². The highest BCUT2D eigenvalue weighted by Crippen LogP contribution is 2.36. The first-order valence-electron chi connectivity index (χ1n) is 7.62. The fourth-order valence-corrected chi connectivity index (χ4v) is 2.88. The Morgan fingerprint density at radius 2 is 2.00 bits per heavy atom. The van der Waals surface area contributed by atoms with Crippen molar-refractivity contribution in [2.45, 2.75) is 64.7 Å². The zero-order valence-electron chi connectivity index (χ0n) is 13.5. The van der Waals surface area contributed by atoms with Crippen LogP contribution in [0.5, 0.6) is 0 Å². The number of imide groups is 1. The van der Waals surface area contributed by atoms with Crippen molar-refractivity contribution < 1.29 is 28.6 Å². The molecule has 7 heteroatoms. The van der Waals surface area contributed by atoms with Crippen molar-refractivity contribution in [1.29, 1.82) is 0 Å². The summed E-state index contributed by atoms with van der Waals surface area (Å²) in [6.45, 7) is 7.14. The first kappa shape index (κ1) is 16.6. The molecule has 0 aromatic rings. The van der Waals surface area contributed by atoms with Crippen LogP contribution in [-0.2, 0) is 19.0 Å². The molecular formula is C15H23NO6. The highest BCUT2D eigenvalue weighted by Gasteiger charge is 2.50. The lowest BCUT2D eigenvalue weighted by Gasteiger charge is -2.44. The quantitative estimate of drug-likeness (QED) is 0.575. The molecule has 0 spiro atoms. The Bertz CT molecular complexity index is 469. The third-order valence-corrected chi connectivity index (χ3v) is 3.74. The van der Waals surface area contributed by atoms with Gasteiger partial charge >= 0.3 is 18.2 Å². The van der Waals surface area contributed by atoms with E-state index in [1.807, 2.05) is 0 Å². The van der Waals surface area contributed by atoms with Crippen molar-refractivity contribution in [1.82, 2.24) is 4.90 Å². The predicted octanol–water partition coefficient (Wildman–Crippen LogP) is 2.47. The second kappa shape index (κ2) is 6.14. The molecule has 2 bridgehead atoms. The fraction of sp³-hybridized carbons (Fsp3) is 0.800.